The molecule has 1 aliphatic rings. The maximum atomic E-state index is 10.5. The fourth-order valence-corrected chi connectivity index (χ4v) is 0.679. The van der Waals surface area contributed by atoms with Gasteiger partial charge in [0.05, 0.1) is 0 Å². The maximum absolute atomic E-state index is 10.5. The largest absolute Gasteiger partial charge is 0.455 e. The highest BCUT2D eigenvalue weighted by Crippen LogP contribution is 2.06. The van der Waals surface area contributed by atoms with E-state index in [4.69, 9.17) is 4.74 Å². The molecule has 0 N–H and O–H groups in total. The van der Waals surface area contributed by atoms with E-state index < -0.39 is 0 Å². The first kappa shape index (κ1) is 6.08. The van der Waals surface area contributed by atoms with E-state index in [2.05, 4.69) is 6.58 Å². The average molecular weight is 124 g/mol. The zero-order valence-electron chi connectivity index (χ0n) is 5.04. The maximum Gasteiger partial charge on any atom is 0.331 e. The standard InChI is InChI=1S/C7H8O2/c1-2-6-4-3-5-7(8)9-6/h2-3,5-6H,1,4H2/t6-/m1/s1. The number of ether oxygens (including phenoxy) is 1. The van der Waals surface area contributed by atoms with Crippen molar-refractivity contribution >= 4 is 5.97 Å². The smallest absolute Gasteiger partial charge is 0.331 e. The van der Waals surface area contributed by atoms with E-state index in [1.165, 1.54) is 6.08 Å². The van der Waals surface area contributed by atoms with Crippen molar-refractivity contribution in [3.05, 3.63) is 24.8 Å². The molecule has 0 amide bonds. The van der Waals surface area contributed by atoms with Gasteiger partial charge in [-0.1, -0.05) is 18.7 Å². The molecule has 0 aliphatic carbocycles. The first-order chi connectivity index (χ1) is 4.33. The number of esters is 1. The molecule has 0 aromatic carbocycles. The molecule has 0 unspecified atom stereocenters. The van der Waals surface area contributed by atoms with Gasteiger partial charge in [-0.2, -0.15) is 0 Å². The molecule has 0 aromatic heterocycles. The third kappa shape index (κ3) is 1.42. The molecular formula is C7H8O2. The molecule has 9 heavy (non-hydrogen) atoms. The summed E-state index contributed by atoms with van der Waals surface area (Å²) in [5.74, 6) is -0.272. The lowest BCUT2D eigenvalue weighted by Crippen LogP contribution is -2.16. The van der Waals surface area contributed by atoms with Crippen LogP contribution in [0.2, 0.25) is 0 Å². The second-order valence-corrected chi connectivity index (χ2v) is 1.85. The highest BCUT2D eigenvalue weighted by atomic mass is 16.5. The second-order valence-electron chi connectivity index (χ2n) is 1.85. The van der Waals surface area contributed by atoms with Crippen molar-refractivity contribution in [2.45, 2.75) is 12.5 Å². The second kappa shape index (κ2) is 2.49. The van der Waals surface area contributed by atoms with Gasteiger partial charge >= 0.3 is 5.97 Å². The van der Waals surface area contributed by atoms with Crippen LogP contribution in [0.5, 0.6) is 0 Å². The molecule has 1 rings (SSSR count). The molecule has 0 fully saturated rings. The zero-order valence-corrected chi connectivity index (χ0v) is 5.04. The Labute approximate surface area is 53.8 Å². The molecule has 0 bridgehead atoms. The van der Waals surface area contributed by atoms with Gasteiger partial charge in [0.1, 0.15) is 6.10 Å². The number of cyclic esters (lactones) is 1. The first-order valence-corrected chi connectivity index (χ1v) is 2.82. The molecule has 0 saturated heterocycles. The summed E-state index contributed by atoms with van der Waals surface area (Å²) in [6, 6.07) is 0. The molecule has 0 saturated carbocycles. The summed E-state index contributed by atoms with van der Waals surface area (Å²) >= 11 is 0. The van der Waals surface area contributed by atoms with Gasteiger partial charge in [0.25, 0.3) is 0 Å². The van der Waals surface area contributed by atoms with Crippen molar-refractivity contribution in [2.75, 3.05) is 0 Å². The monoisotopic (exact) mass is 124 g/mol. The summed E-state index contributed by atoms with van der Waals surface area (Å²) in [4.78, 5) is 10.5. The lowest BCUT2D eigenvalue weighted by atomic mass is 10.2. The highest BCUT2D eigenvalue weighted by Gasteiger charge is 2.10. The van der Waals surface area contributed by atoms with E-state index in [1.807, 2.05) is 0 Å². The van der Waals surface area contributed by atoms with Gasteiger partial charge in [-0.3, -0.25) is 0 Å². The summed E-state index contributed by atoms with van der Waals surface area (Å²) in [5.41, 5.74) is 0. The SMILES string of the molecule is C=C[C@@H]1CC=CC(=O)O1. The predicted octanol–water partition coefficient (Wildman–Crippen LogP) is 1.04. The van der Waals surface area contributed by atoms with Crippen LogP contribution in [0.4, 0.5) is 0 Å². The Hall–Kier alpha value is -1.05. The summed E-state index contributed by atoms with van der Waals surface area (Å²) in [5, 5.41) is 0. The van der Waals surface area contributed by atoms with Gasteiger partial charge in [-0.15, -0.1) is 0 Å². The van der Waals surface area contributed by atoms with Crippen LogP contribution in [0, 0.1) is 0 Å². The molecule has 1 aliphatic heterocycles. The molecule has 0 spiro atoms. The lowest BCUT2D eigenvalue weighted by molar-refractivity contribution is -0.141. The third-order valence-electron chi connectivity index (χ3n) is 1.15. The van der Waals surface area contributed by atoms with Gasteiger partial charge in [0, 0.05) is 12.5 Å². The Kier molecular flexibility index (Phi) is 1.68. The zero-order chi connectivity index (χ0) is 6.69. The summed E-state index contributed by atoms with van der Waals surface area (Å²) in [6.45, 7) is 3.51. The molecule has 2 heteroatoms. The van der Waals surface area contributed by atoms with Gasteiger partial charge in [-0.05, 0) is 0 Å². The fourth-order valence-electron chi connectivity index (χ4n) is 0.679. The summed E-state index contributed by atoms with van der Waals surface area (Å²) in [7, 11) is 0. The van der Waals surface area contributed by atoms with Crippen LogP contribution in [0.15, 0.2) is 24.8 Å². The van der Waals surface area contributed by atoms with Crippen LogP contribution < -0.4 is 0 Å². The fraction of sp³-hybridized carbons (Fsp3) is 0.286. The van der Waals surface area contributed by atoms with Crippen molar-refractivity contribution in [3.8, 4) is 0 Å². The minimum absolute atomic E-state index is 0.109. The van der Waals surface area contributed by atoms with Gasteiger partial charge in [0.15, 0.2) is 0 Å². The number of carbonyl (C=O) groups is 1. The van der Waals surface area contributed by atoms with Crippen LogP contribution in [0.25, 0.3) is 0 Å². The minimum Gasteiger partial charge on any atom is -0.455 e. The van der Waals surface area contributed by atoms with E-state index >= 15 is 0 Å². The highest BCUT2D eigenvalue weighted by molar-refractivity contribution is 5.82. The molecule has 2 nitrogen and oxygen atoms in total. The molecule has 1 atom stereocenters. The Morgan fingerprint density at radius 3 is 3.11 bits per heavy atom. The van der Waals surface area contributed by atoms with Crippen LogP contribution in [0.3, 0.4) is 0 Å². The Bertz CT molecular complexity index is 158. The number of carbonyl (C=O) groups excluding carboxylic acids is 1. The van der Waals surface area contributed by atoms with E-state index in [0.29, 0.717) is 0 Å². The molecule has 48 valence electrons. The molecular weight excluding hydrogens is 116 g/mol. The van der Waals surface area contributed by atoms with Crippen molar-refractivity contribution < 1.29 is 9.53 Å². The summed E-state index contributed by atoms with van der Waals surface area (Å²) < 4.78 is 4.79. The first-order valence-electron chi connectivity index (χ1n) is 2.82. The molecule has 1 heterocycles. The van der Waals surface area contributed by atoms with Crippen LogP contribution in [-0.4, -0.2) is 12.1 Å². The van der Waals surface area contributed by atoms with E-state index in [1.54, 1.807) is 12.2 Å². The molecule has 0 radical (unpaired) electrons. The summed E-state index contributed by atoms with van der Waals surface area (Å²) in [6.07, 6.45) is 5.50. The molecule has 0 aromatic rings. The van der Waals surface area contributed by atoms with Crippen molar-refractivity contribution in [1.29, 1.82) is 0 Å². The van der Waals surface area contributed by atoms with Crippen molar-refractivity contribution in [1.82, 2.24) is 0 Å². The van der Waals surface area contributed by atoms with Gasteiger partial charge in [-0.25, -0.2) is 4.79 Å². The number of hydrogen-bond acceptors (Lipinski definition) is 2. The van der Waals surface area contributed by atoms with E-state index in [0.717, 1.165) is 6.42 Å². The van der Waals surface area contributed by atoms with Crippen LogP contribution in [0.1, 0.15) is 6.42 Å². The van der Waals surface area contributed by atoms with Crippen LogP contribution in [-0.2, 0) is 9.53 Å². The van der Waals surface area contributed by atoms with E-state index in [-0.39, 0.29) is 12.1 Å². The Morgan fingerprint density at radius 2 is 2.67 bits per heavy atom. The van der Waals surface area contributed by atoms with Crippen LogP contribution >= 0.6 is 0 Å². The predicted molar refractivity (Wildman–Crippen MR) is 33.8 cm³/mol. The van der Waals surface area contributed by atoms with Gasteiger partial charge in [0.2, 0.25) is 0 Å². The lowest BCUT2D eigenvalue weighted by Gasteiger charge is -2.13. The van der Waals surface area contributed by atoms with Gasteiger partial charge < -0.3 is 4.74 Å². The quantitative estimate of drug-likeness (QED) is 0.385. The Balaban J connectivity index is 2.56. The number of hydrogen-bond donors (Lipinski definition) is 0. The number of rotatable bonds is 1. The Morgan fingerprint density at radius 1 is 1.89 bits per heavy atom. The minimum atomic E-state index is -0.272. The average Bonchev–Trinajstić information content (AvgIpc) is 1.88. The topological polar surface area (TPSA) is 26.3 Å². The third-order valence-corrected chi connectivity index (χ3v) is 1.15. The normalized spacial score (nSPS) is 25.3. The van der Waals surface area contributed by atoms with Crippen molar-refractivity contribution in [2.24, 2.45) is 0 Å². The van der Waals surface area contributed by atoms with E-state index in [9.17, 15) is 4.79 Å². The van der Waals surface area contributed by atoms with Crippen molar-refractivity contribution in [3.63, 3.8) is 0 Å².